The van der Waals surface area contributed by atoms with Crippen molar-refractivity contribution < 1.29 is 32.3 Å². The van der Waals surface area contributed by atoms with E-state index in [0.29, 0.717) is 36.6 Å². The first-order valence-corrected chi connectivity index (χ1v) is 14.6. The van der Waals surface area contributed by atoms with E-state index in [1.165, 1.54) is 17.9 Å². The van der Waals surface area contributed by atoms with E-state index in [9.17, 15) is 23.3 Å². The number of carbonyl (C=O) groups excluding carboxylic acids is 1. The van der Waals surface area contributed by atoms with Crippen LogP contribution in [0.5, 0.6) is 17.4 Å². The summed E-state index contributed by atoms with van der Waals surface area (Å²) in [4.78, 5) is 23.6. The summed E-state index contributed by atoms with van der Waals surface area (Å²) in [7, 11) is -2.69. The van der Waals surface area contributed by atoms with Crippen LogP contribution in [-0.2, 0) is 14.8 Å². The lowest BCUT2D eigenvalue weighted by molar-refractivity contribution is -0.385. The number of carbonyl (C=O) groups is 1. The minimum Gasteiger partial charge on any atom is -0.497 e. The number of amides is 1. The van der Waals surface area contributed by atoms with E-state index in [0.717, 1.165) is 25.0 Å². The van der Waals surface area contributed by atoms with Crippen molar-refractivity contribution in [3.63, 3.8) is 0 Å². The molecule has 1 amide bonds. The third kappa shape index (κ3) is 6.84. The van der Waals surface area contributed by atoms with Crippen LogP contribution in [-0.4, -0.2) is 61.4 Å². The number of hydrogen-bond acceptors (Lipinski definition) is 9. The second-order valence-electron chi connectivity index (χ2n) is 9.65. The normalized spacial score (nSPS) is 15.9. The van der Waals surface area contributed by atoms with Crippen molar-refractivity contribution in [3.8, 4) is 23.1 Å². The molecule has 1 aliphatic rings. The Morgan fingerprint density at radius 2 is 2.00 bits per heavy atom. The Morgan fingerprint density at radius 3 is 2.61 bits per heavy atom. The molecule has 2 N–H and O–H groups in total. The maximum absolute atomic E-state index is 13.3. The fourth-order valence-electron chi connectivity index (χ4n) is 4.23. The summed E-state index contributed by atoms with van der Waals surface area (Å²) in [5.74, 6) is 0.0290. The molecule has 0 unspecified atom stereocenters. The molecule has 41 heavy (non-hydrogen) atoms. The smallest absolute Gasteiger partial charge is 0.272 e. The molecule has 13 nitrogen and oxygen atoms in total. The molecule has 0 bridgehead atoms. The Hall–Kier alpha value is -4.01. The molecule has 220 valence electrons. The monoisotopic (exact) mass is 587 g/mol. The van der Waals surface area contributed by atoms with Crippen molar-refractivity contribution in [2.24, 2.45) is 0 Å². The molecule has 2 atom stereocenters. The van der Waals surface area contributed by atoms with Gasteiger partial charge in [-0.05, 0) is 63.4 Å². The summed E-state index contributed by atoms with van der Waals surface area (Å²) >= 11 is 0. The second kappa shape index (κ2) is 12.7. The molecule has 0 saturated carbocycles. The van der Waals surface area contributed by atoms with E-state index in [-0.39, 0.29) is 23.4 Å². The van der Waals surface area contributed by atoms with Gasteiger partial charge in [0.05, 0.1) is 23.8 Å². The first-order chi connectivity index (χ1) is 19.5. The number of non-ortho nitro benzene ring substituents is 1. The highest BCUT2D eigenvalue weighted by molar-refractivity contribution is 7.89. The van der Waals surface area contributed by atoms with Gasteiger partial charge >= 0.3 is 0 Å². The molecule has 3 aromatic rings. The second-order valence-corrected chi connectivity index (χ2v) is 11.3. The standard InChI is InChI=1S/C27H33N5O8S/c1-5-17(2)30-41(36,37)24-15-20(32(34)35)10-13-23(24)40-27-18(3)25(26(33)28-16-22-7-6-14-39-22)29-31(27)19-8-11-21(38-4)12-9-19/h8-13,15,17,22,30H,5-7,14,16H2,1-4H3,(H,28,33)/t17-,22-/m0/s1. The van der Waals surface area contributed by atoms with Crippen molar-refractivity contribution in [2.75, 3.05) is 20.3 Å². The Morgan fingerprint density at radius 1 is 1.27 bits per heavy atom. The fourth-order valence-corrected chi connectivity index (χ4v) is 5.70. The zero-order valence-electron chi connectivity index (χ0n) is 23.2. The molecule has 1 fully saturated rings. The van der Waals surface area contributed by atoms with Crippen LogP contribution in [0, 0.1) is 17.0 Å². The lowest BCUT2D eigenvalue weighted by Gasteiger charge is -2.16. The van der Waals surface area contributed by atoms with Gasteiger partial charge in [-0.2, -0.15) is 9.78 Å². The molecule has 1 aromatic heterocycles. The van der Waals surface area contributed by atoms with Crippen molar-refractivity contribution in [2.45, 2.75) is 57.1 Å². The van der Waals surface area contributed by atoms with Gasteiger partial charge in [-0.3, -0.25) is 14.9 Å². The van der Waals surface area contributed by atoms with E-state index in [1.54, 1.807) is 45.0 Å². The van der Waals surface area contributed by atoms with E-state index in [1.807, 2.05) is 0 Å². The number of sulfonamides is 1. The Balaban J connectivity index is 1.79. The van der Waals surface area contributed by atoms with E-state index < -0.39 is 37.5 Å². The molecule has 14 heteroatoms. The molecule has 0 spiro atoms. The Bertz CT molecular complexity index is 1520. The minimum absolute atomic E-state index is 0.0614. The zero-order valence-corrected chi connectivity index (χ0v) is 24.1. The highest BCUT2D eigenvalue weighted by Gasteiger charge is 2.29. The number of nitro groups is 1. The third-order valence-corrected chi connectivity index (χ3v) is 8.33. The third-order valence-electron chi connectivity index (χ3n) is 6.72. The number of rotatable bonds is 12. The van der Waals surface area contributed by atoms with Gasteiger partial charge in [0.2, 0.25) is 15.9 Å². The summed E-state index contributed by atoms with van der Waals surface area (Å²) in [6.07, 6.45) is 2.19. The summed E-state index contributed by atoms with van der Waals surface area (Å²) in [5, 5.41) is 18.8. The first-order valence-electron chi connectivity index (χ1n) is 13.2. The predicted molar refractivity (Wildman–Crippen MR) is 149 cm³/mol. The number of nitrogens with one attached hydrogen (secondary N) is 2. The molecular weight excluding hydrogens is 554 g/mol. The Labute approximate surface area is 238 Å². The van der Waals surface area contributed by atoms with Crippen molar-refractivity contribution in [3.05, 3.63) is 63.8 Å². The van der Waals surface area contributed by atoms with Gasteiger partial charge in [0, 0.05) is 36.9 Å². The lowest BCUT2D eigenvalue weighted by atomic mass is 10.2. The van der Waals surface area contributed by atoms with Gasteiger partial charge < -0.3 is 19.5 Å². The average Bonchev–Trinajstić information content (AvgIpc) is 3.59. The van der Waals surface area contributed by atoms with Crippen LogP contribution < -0.4 is 19.5 Å². The highest BCUT2D eigenvalue weighted by atomic mass is 32.2. The number of aromatic nitrogens is 2. The van der Waals surface area contributed by atoms with Crippen molar-refractivity contribution in [1.82, 2.24) is 19.8 Å². The van der Waals surface area contributed by atoms with Gasteiger partial charge in [-0.1, -0.05) is 6.92 Å². The summed E-state index contributed by atoms with van der Waals surface area (Å²) in [6, 6.07) is 9.67. The SMILES string of the molecule is CC[C@H](C)NS(=O)(=O)c1cc([N+](=O)[O-])ccc1Oc1c(C)c(C(=O)NC[C@@H]2CCCO2)nn1-c1ccc(OC)cc1. The number of benzene rings is 2. The van der Waals surface area contributed by atoms with Gasteiger partial charge in [0.15, 0.2) is 5.69 Å². The van der Waals surface area contributed by atoms with Crippen molar-refractivity contribution in [1.29, 1.82) is 0 Å². The van der Waals surface area contributed by atoms with Crippen LogP contribution in [0.15, 0.2) is 47.4 Å². The van der Waals surface area contributed by atoms with Crippen LogP contribution in [0.2, 0.25) is 0 Å². The molecule has 1 saturated heterocycles. The highest BCUT2D eigenvalue weighted by Crippen LogP contribution is 2.36. The predicted octanol–water partition coefficient (Wildman–Crippen LogP) is 3.88. The maximum Gasteiger partial charge on any atom is 0.272 e. The Kier molecular flexibility index (Phi) is 9.25. The van der Waals surface area contributed by atoms with Gasteiger partial charge in [-0.25, -0.2) is 13.1 Å². The molecule has 2 aromatic carbocycles. The largest absolute Gasteiger partial charge is 0.497 e. The van der Waals surface area contributed by atoms with Crippen LogP contribution in [0.4, 0.5) is 5.69 Å². The fraction of sp³-hybridized carbons (Fsp3) is 0.407. The molecule has 1 aliphatic heterocycles. The average molecular weight is 588 g/mol. The zero-order chi connectivity index (χ0) is 29.7. The number of nitrogens with zero attached hydrogens (tertiary/aromatic N) is 3. The van der Waals surface area contributed by atoms with Crippen LogP contribution >= 0.6 is 0 Å². The molecular formula is C27H33N5O8S. The minimum atomic E-state index is -4.22. The van der Waals surface area contributed by atoms with Crippen molar-refractivity contribution >= 4 is 21.6 Å². The maximum atomic E-state index is 13.3. The topological polar surface area (TPSA) is 164 Å². The summed E-state index contributed by atoms with van der Waals surface area (Å²) in [6.45, 7) is 6.08. The van der Waals surface area contributed by atoms with E-state index in [4.69, 9.17) is 14.2 Å². The number of hydrogen-bond donors (Lipinski definition) is 2. The van der Waals surface area contributed by atoms with E-state index in [2.05, 4.69) is 15.1 Å². The number of nitro benzene ring substituents is 1. The van der Waals surface area contributed by atoms with Gasteiger partial charge in [-0.15, -0.1) is 0 Å². The summed E-state index contributed by atoms with van der Waals surface area (Å²) in [5.41, 5.74) is 0.489. The number of ether oxygens (including phenoxy) is 3. The lowest BCUT2D eigenvalue weighted by Crippen LogP contribution is -2.32. The van der Waals surface area contributed by atoms with E-state index >= 15 is 0 Å². The quantitative estimate of drug-likeness (QED) is 0.236. The van der Waals surface area contributed by atoms with Crippen LogP contribution in [0.3, 0.4) is 0 Å². The van der Waals surface area contributed by atoms with Gasteiger partial charge in [0.1, 0.15) is 16.4 Å². The van der Waals surface area contributed by atoms with Crippen LogP contribution in [0.1, 0.15) is 49.2 Å². The molecule has 0 radical (unpaired) electrons. The number of methoxy groups -OCH3 is 1. The van der Waals surface area contributed by atoms with Crippen LogP contribution in [0.25, 0.3) is 5.69 Å². The molecule has 2 heterocycles. The van der Waals surface area contributed by atoms with Gasteiger partial charge in [0.25, 0.3) is 11.6 Å². The first kappa shape index (κ1) is 30.0. The molecule has 0 aliphatic carbocycles. The molecule has 4 rings (SSSR count). The summed E-state index contributed by atoms with van der Waals surface area (Å²) < 4.78 is 47.5.